The highest BCUT2D eigenvalue weighted by Crippen LogP contribution is 2.23. The highest BCUT2D eigenvalue weighted by Gasteiger charge is 2.13. The van der Waals surface area contributed by atoms with Crippen molar-refractivity contribution >= 4 is 15.9 Å². The van der Waals surface area contributed by atoms with Gasteiger partial charge in [-0.05, 0) is 25.6 Å². The van der Waals surface area contributed by atoms with Crippen molar-refractivity contribution in [2.24, 2.45) is 0 Å². The van der Waals surface area contributed by atoms with Crippen LogP contribution in [0, 0.1) is 18.2 Å². The predicted octanol–water partition coefficient (Wildman–Crippen LogP) is 3.26. The van der Waals surface area contributed by atoms with Gasteiger partial charge in [-0.1, -0.05) is 22.0 Å². The summed E-state index contributed by atoms with van der Waals surface area (Å²) in [6.07, 6.45) is 6.57. The summed E-state index contributed by atoms with van der Waals surface area (Å²) >= 11 is 3.23. The van der Waals surface area contributed by atoms with Crippen LogP contribution >= 0.6 is 15.9 Å². The number of nitrogens with one attached hydrogen (secondary N) is 1. The zero-order chi connectivity index (χ0) is 11.3. The Bertz CT molecular complexity index is 370. The Kier molecular flexibility index (Phi) is 4.80. The summed E-state index contributed by atoms with van der Waals surface area (Å²) in [4.78, 5) is 0. The first-order valence-corrected chi connectivity index (χ1v) is 5.54. The second-order valence-electron chi connectivity index (χ2n) is 3.25. The lowest BCUT2D eigenvalue weighted by Crippen LogP contribution is -2.17. The average Bonchev–Trinajstić information content (AvgIpc) is 2.21. The largest absolute Gasteiger partial charge is 0.313 e. The van der Waals surface area contributed by atoms with Crippen molar-refractivity contribution in [3.8, 4) is 12.3 Å². The van der Waals surface area contributed by atoms with Gasteiger partial charge < -0.3 is 5.32 Å². The van der Waals surface area contributed by atoms with Gasteiger partial charge in [-0.3, -0.25) is 0 Å². The summed E-state index contributed by atoms with van der Waals surface area (Å²) in [7, 11) is 1.81. The topological polar surface area (TPSA) is 12.0 Å². The maximum Gasteiger partial charge on any atom is 0.129 e. The van der Waals surface area contributed by atoms with Gasteiger partial charge in [0.05, 0.1) is 0 Å². The van der Waals surface area contributed by atoms with Crippen LogP contribution < -0.4 is 5.32 Å². The quantitative estimate of drug-likeness (QED) is 0.828. The van der Waals surface area contributed by atoms with E-state index in [4.69, 9.17) is 6.42 Å². The molecule has 0 aliphatic carbocycles. The van der Waals surface area contributed by atoms with Crippen LogP contribution in [0.25, 0.3) is 0 Å². The van der Waals surface area contributed by atoms with E-state index in [9.17, 15) is 4.39 Å². The molecule has 1 nitrogen and oxygen atoms in total. The average molecular weight is 270 g/mol. The van der Waals surface area contributed by atoms with Crippen molar-refractivity contribution in [1.29, 1.82) is 0 Å². The smallest absolute Gasteiger partial charge is 0.129 e. The Labute approximate surface area is 98.2 Å². The molecule has 1 N–H and O–H groups in total. The van der Waals surface area contributed by atoms with Crippen LogP contribution in [0.5, 0.6) is 0 Å². The van der Waals surface area contributed by atoms with Gasteiger partial charge in [0.15, 0.2) is 0 Å². The minimum absolute atomic E-state index is 0.0193. The molecular weight excluding hydrogens is 257 g/mol. The van der Waals surface area contributed by atoms with E-state index >= 15 is 0 Å². The molecule has 1 unspecified atom stereocenters. The van der Waals surface area contributed by atoms with Gasteiger partial charge in [0.1, 0.15) is 5.82 Å². The van der Waals surface area contributed by atoms with E-state index in [2.05, 4.69) is 27.2 Å². The molecule has 1 aromatic rings. The number of halogens is 2. The summed E-state index contributed by atoms with van der Waals surface area (Å²) in [6, 6.07) is 5.06. The van der Waals surface area contributed by atoms with Crippen LogP contribution in [0.2, 0.25) is 0 Å². The number of hydrogen-bond acceptors (Lipinski definition) is 1. The summed E-state index contributed by atoms with van der Waals surface area (Å²) < 4.78 is 14.3. The molecule has 0 fully saturated rings. The first kappa shape index (κ1) is 12.2. The monoisotopic (exact) mass is 269 g/mol. The van der Waals surface area contributed by atoms with E-state index in [1.807, 2.05) is 13.1 Å². The Balaban J connectivity index is 2.87. The highest BCUT2D eigenvalue weighted by molar-refractivity contribution is 9.10. The summed E-state index contributed by atoms with van der Waals surface area (Å²) in [6.45, 7) is 0. The molecule has 0 saturated carbocycles. The summed E-state index contributed by atoms with van der Waals surface area (Å²) in [5.74, 6) is 2.35. The molecule has 0 saturated heterocycles. The van der Waals surface area contributed by atoms with E-state index < -0.39 is 0 Å². The van der Waals surface area contributed by atoms with Crippen molar-refractivity contribution in [3.05, 3.63) is 34.1 Å². The van der Waals surface area contributed by atoms with Gasteiger partial charge >= 0.3 is 0 Å². The number of benzene rings is 1. The van der Waals surface area contributed by atoms with Gasteiger partial charge in [-0.25, -0.2) is 4.39 Å². The Hall–Kier alpha value is -0.850. The van der Waals surface area contributed by atoms with E-state index in [0.29, 0.717) is 12.0 Å². The number of terminal acetylenes is 1. The molecule has 80 valence electrons. The zero-order valence-corrected chi connectivity index (χ0v) is 10.1. The summed E-state index contributed by atoms with van der Waals surface area (Å²) in [5.41, 5.74) is 0.663. The van der Waals surface area contributed by atoms with Crippen molar-refractivity contribution in [2.45, 2.75) is 18.9 Å². The van der Waals surface area contributed by atoms with Gasteiger partial charge in [-0.15, -0.1) is 12.3 Å². The maximum absolute atomic E-state index is 13.6. The molecular formula is C12H13BrFN. The molecule has 0 radical (unpaired) electrons. The predicted molar refractivity (Wildman–Crippen MR) is 64.0 cm³/mol. The van der Waals surface area contributed by atoms with Crippen LogP contribution in [0.1, 0.15) is 24.4 Å². The summed E-state index contributed by atoms with van der Waals surface area (Å²) in [5, 5.41) is 3.06. The van der Waals surface area contributed by atoms with Crippen molar-refractivity contribution in [3.63, 3.8) is 0 Å². The molecule has 1 aromatic carbocycles. The Morgan fingerprint density at radius 1 is 1.60 bits per heavy atom. The molecule has 3 heteroatoms. The van der Waals surface area contributed by atoms with Gasteiger partial charge in [0, 0.05) is 22.5 Å². The van der Waals surface area contributed by atoms with Gasteiger partial charge in [-0.2, -0.15) is 0 Å². The molecule has 1 atom stereocenters. The SMILES string of the molecule is C#CCCC(NC)c1ccc(Br)cc1F. The number of rotatable bonds is 4. The van der Waals surface area contributed by atoms with Crippen molar-refractivity contribution < 1.29 is 4.39 Å². The minimum atomic E-state index is -0.208. The van der Waals surface area contributed by atoms with Crippen LogP contribution in [0.4, 0.5) is 4.39 Å². The van der Waals surface area contributed by atoms with E-state index in [0.717, 1.165) is 10.9 Å². The molecule has 0 aliphatic rings. The highest BCUT2D eigenvalue weighted by atomic mass is 79.9. The second kappa shape index (κ2) is 5.89. The fraction of sp³-hybridized carbons (Fsp3) is 0.333. The van der Waals surface area contributed by atoms with E-state index in [1.54, 1.807) is 6.07 Å². The maximum atomic E-state index is 13.6. The molecule has 1 rings (SSSR count). The van der Waals surface area contributed by atoms with E-state index in [-0.39, 0.29) is 11.9 Å². The standard InChI is InChI=1S/C12H13BrFN/c1-3-4-5-12(15-2)10-7-6-9(13)8-11(10)14/h1,6-8,12,15H,4-5H2,2H3. The molecule has 0 aromatic heterocycles. The van der Waals surface area contributed by atoms with E-state index in [1.165, 1.54) is 6.07 Å². The molecule has 0 amide bonds. The lowest BCUT2D eigenvalue weighted by molar-refractivity contribution is 0.514. The minimum Gasteiger partial charge on any atom is -0.313 e. The molecule has 15 heavy (non-hydrogen) atoms. The van der Waals surface area contributed by atoms with Crippen molar-refractivity contribution in [1.82, 2.24) is 5.32 Å². The normalized spacial score (nSPS) is 12.1. The van der Waals surface area contributed by atoms with Crippen molar-refractivity contribution in [2.75, 3.05) is 7.05 Å². The molecule has 0 bridgehead atoms. The Morgan fingerprint density at radius 3 is 2.87 bits per heavy atom. The first-order valence-electron chi connectivity index (χ1n) is 4.74. The lowest BCUT2D eigenvalue weighted by atomic mass is 10.0. The molecule has 0 aliphatic heterocycles. The molecule has 0 spiro atoms. The van der Waals surface area contributed by atoms with Gasteiger partial charge in [0.25, 0.3) is 0 Å². The second-order valence-corrected chi connectivity index (χ2v) is 4.17. The molecule has 0 heterocycles. The van der Waals surface area contributed by atoms with Crippen LogP contribution in [0.3, 0.4) is 0 Å². The van der Waals surface area contributed by atoms with Gasteiger partial charge in [0.2, 0.25) is 0 Å². The Morgan fingerprint density at radius 2 is 2.33 bits per heavy atom. The third-order valence-electron chi connectivity index (χ3n) is 2.26. The van der Waals surface area contributed by atoms with Crippen LogP contribution in [-0.4, -0.2) is 7.05 Å². The fourth-order valence-electron chi connectivity index (χ4n) is 1.47. The third-order valence-corrected chi connectivity index (χ3v) is 2.76. The van der Waals surface area contributed by atoms with Crippen LogP contribution in [0.15, 0.2) is 22.7 Å². The fourth-order valence-corrected chi connectivity index (χ4v) is 1.80. The first-order chi connectivity index (χ1) is 7.19. The van der Waals surface area contributed by atoms with Crippen LogP contribution in [-0.2, 0) is 0 Å². The zero-order valence-electron chi connectivity index (χ0n) is 8.56. The number of hydrogen-bond donors (Lipinski definition) is 1. The lowest BCUT2D eigenvalue weighted by Gasteiger charge is -2.16. The third kappa shape index (κ3) is 3.33.